The van der Waals surface area contributed by atoms with E-state index in [0.717, 1.165) is 4.68 Å². The number of nitrogens with one attached hydrogen (secondary N) is 1. The van der Waals surface area contributed by atoms with Crippen molar-refractivity contribution in [3.8, 4) is 0 Å². The molecular formula is C22H27N11O11P2S. The van der Waals surface area contributed by atoms with Crippen molar-refractivity contribution in [1.29, 1.82) is 0 Å². The Hall–Kier alpha value is -3.08. The maximum absolute atomic E-state index is 13.7. The third kappa shape index (κ3) is 4.92. The molecule has 25 heteroatoms. The lowest BCUT2D eigenvalue weighted by Gasteiger charge is -2.30. The fourth-order valence-electron chi connectivity index (χ4n) is 6.95. The molecule has 2 aliphatic heterocycles. The Morgan fingerprint density at radius 2 is 1.98 bits per heavy atom. The second-order valence-electron chi connectivity index (χ2n) is 11.6. The van der Waals surface area contributed by atoms with E-state index in [-0.39, 0.29) is 22.9 Å². The molecule has 4 aromatic heterocycles. The summed E-state index contributed by atoms with van der Waals surface area (Å²) in [5, 5.41) is 19.3. The zero-order chi connectivity index (χ0) is 33.0. The highest BCUT2D eigenvalue weighted by molar-refractivity contribution is 8.44. The van der Waals surface area contributed by atoms with Gasteiger partial charge in [0.15, 0.2) is 28.9 Å². The van der Waals surface area contributed by atoms with Crippen LogP contribution in [0.4, 0.5) is 11.8 Å². The first-order valence-corrected chi connectivity index (χ1v) is 18.2. The number of methoxy groups -OCH3 is 1. The number of H-pyrrole nitrogens is 1. The molecule has 22 nitrogen and oxygen atoms in total. The van der Waals surface area contributed by atoms with Crippen LogP contribution in [-0.2, 0) is 36.7 Å². The van der Waals surface area contributed by atoms with E-state index in [4.69, 9.17) is 39.0 Å². The minimum absolute atomic E-state index is 0.119. The average molecular weight is 716 g/mol. The largest absolute Gasteiger partial charge is 0.472 e. The monoisotopic (exact) mass is 715 g/mol. The lowest BCUT2D eigenvalue weighted by Crippen LogP contribution is -2.37. The molecule has 252 valence electrons. The SMILES string of the molecule is CO[C@H]1[C@H]2OP(=O)(O)OCC34C[C@@H]3[C@@H](n3cnc5c(N)ncnc53)[C@H](O)[C@@H]4O[P@](=O)(S)OC[C@H]1O[C@H]2n1nnc2c(=O)[nH]c(N)nc21. The van der Waals surface area contributed by atoms with Crippen molar-refractivity contribution in [3.63, 3.8) is 0 Å². The second-order valence-corrected chi connectivity index (χ2v) is 15.9. The highest BCUT2D eigenvalue weighted by Gasteiger charge is 2.74. The number of fused-ring (bicyclic) bond motifs is 4. The number of nitrogens with zero attached hydrogens (tertiary/aromatic N) is 8. The summed E-state index contributed by atoms with van der Waals surface area (Å²) in [6.07, 6.45) is -4.68. The second kappa shape index (κ2) is 10.7. The van der Waals surface area contributed by atoms with Gasteiger partial charge in [-0.05, 0) is 12.3 Å². The number of hydrogen-bond donors (Lipinski definition) is 6. The number of thiol groups is 1. The maximum atomic E-state index is 13.7. The Morgan fingerprint density at radius 3 is 2.77 bits per heavy atom. The highest BCUT2D eigenvalue weighted by Crippen LogP contribution is 2.73. The van der Waals surface area contributed by atoms with Crippen molar-refractivity contribution in [2.45, 2.75) is 49.2 Å². The Balaban J connectivity index is 1.15. The van der Waals surface area contributed by atoms with Gasteiger partial charge >= 0.3 is 14.6 Å². The number of anilines is 2. The van der Waals surface area contributed by atoms with E-state index >= 15 is 0 Å². The Kier molecular flexibility index (Phi) is 7.11. The van der Waals surface area contributed by atoms with E-state index in [1.165, 1.54) is 19.8 Å². The number of phosphoric acid groups is 1. The van der Waals surface area contributed by atoms with Crippen molar-refractivity contribution in [2.24, 2.45) is 11.3 Å². The molecule has 6 heterocycles. The molecule has 7 N–H and O–H groups in total. The maximum Gasteiger partial charge on any atom is 0.472 e. The number of hydrogen-bond acceptors (Lipinski definition) is 18. The number of aromatic nitrogens is 9. The van der Waals surface area contributed by atoms with Crippen LogP contribution in [0.1, 0.15) is 18.7 Å². The number of rotatable bonds is 3. The van der Waals surface area contributed by atoms with E-state index in [9.17, 15) is 23.9 Å². The smallest absolute Gasteiger partial charge is 0.388 e. The van der Waals surface area contributed by atoms with Crippen molar-refractivity contribution < 1.29 is 46.7 Å². The van der Waals surface area contributed by atoms with Crippen molar-refractivity contribution in [3.05, 3.63) is 23.0 Å². The highest BCUT2D eigenvalue weighted by atomic mass is 32.7. The molecule has 2 aliphatic carbocycles. The molecule has 47 heavy (non-hydrogen) atoms. The minimum Gasteiger partial charge on any atom is -0.388 e. The van der Waals surface area contributed by atoms with E-state index in [0.29, 0.717) is 17.6 Å². The number of phosphoric ester groups is 1. The molecule has 0 aromatic carbocycles. The quantitative estimate of drug-likeness (QED) is 0.113. The fraction of sp³-hybridized carbons (Fsp3) is 0.591. The van der Waals surface area contributed by atoms with Gasteiger partial charge in [-0.25, -0.2) is 24.1 Å². The molecule has 11 atom stereocenters. The lowest BCUT2D eigenvalue weighted by atomic mass is 10.0. The van der Waals surface area contributed by atoms with Gasteiger partial charge in [-0.1, -0.05) is 17.5 Å². The van der Waals surface area contributed by atoms with E-state index in [2.05, 4.69) is 47.5 Å². The standard InChI is InChI=1S/C22H27N11O11P2S/c1-39-13-8-3-40-46(38,47)44-15-12(34)11(32-6-27-9-16(23)25-5-26-17(9)32)7-2-22(7,15)4-41-45(36,37)43-14(13)20(42-8)33-18-10(30-31-33)19(35)29-21(24)28-18/h5-8,11-15,20,34H,2-4H2,1H3,(H,36,37)(H,38,47)(H2,23,25,26)(H3,24,28,29,35)/t7-,8-,11-,12+,13-,14-,15+,20-,22?,46-/m1/s1. The lowest BCUT2D eigenvalue weighted by molar-refractivity contribution is -0.0647. The van der Waals surface area contributed by atoms with Crippen LogP contribution in [-0.4, -0.2) is 105 Å². The van der Waals surface area contributed by atoms with Crippen LogP contribution in [0.3, 0.4) is 0 Å². The number of nitrogens with two attached hydrogens (primary N) is 2. The zero-order valence-electron chi connectivity index (χ0n) is 24.0. The summed E-state index contributed by atoms with van der Waals surface area (Å²) in [5.74, 6) is -0.541. The number of aromatic amines is 1. The zero-order valence-corrected chi connectivity index (χ0v) is 26.7. The first kappa shape index (κ1) is 31.2. The summed E-state index contributed by atoms with van der Waals surface area (Å²) in [7, 11) is -3.68. The van der Waals surface area contributed by atoms with Crippen LogP contribution in [0.15, 0.2) is 17.4 Å². The summed E-state index contributed by atoms with van der Waals surface area (Å²) in [6, 6.07) is -0.742. The van der Waals surface area contributed by atoms with Crippen LogP contribution >= 0.6 is 26.9 Å². The van der Waals surface area contributed by atoms with E-state index in [1.807, 2.05) is 0 Å². The fourth-order valence-corrected chi connectivity index (χ4v) is 9.47. The molecule has 2 saturated heterocycles. The van der Waals surface area contributed by atoms with Gasteiger partial charge in [0.1, 0.15) is 42.4 Å². The molecule has 2 unspecified atom stereocenters. The predicted molar refractivity (Wildman–Crippen MR) is 158 cm³/mol. The molecule has 2 saturated carbocycles. The third-order valence-electron chi connectivity index (χ3n) is 9.08. The van der Waals surface area contributed by atoms with Gasteiger partial charge in [-0.15, -0.1) is 5.10 Å². The van der Waals surface area contributed by atoms with Crippen LogP contribution in [0.2, 0.25) is 0 Å². The van der Waals surface area contributed by atoms with Gasteiger partial charge in [0.05, 0.1) is 25.6 Å². The molecule has 4 aromatic rings. The molecule has 0 radical (unpaired) electrons. The summed E-state index contributed by atoms with van der Waals surface area (Å²) in [6.45, 7) is -5.24. The van der Waals surface area contributed by atoms with Crippen molar-refractivity contribution in [2.75, 3.05) is 31.8 Å². The van der Waals surface area contributed by atoms with E-state index in [1.54, 1.807) is 4.57 Å². The normalized spacial score (nSPS) is 40.4. The minimum atomic E-state index is -4.97. The van der Waals surface area contributed by atoms with Crippen LogP contribution in [0.5, 0.6) is 0 Å². The average Bonchev–Trinajstić information content (AvgIpc) is 3.30. The van der Waals surface area contributed by atoms with Gasteiger partial charge < -0.3 is 35.5 Å². The number of ether oxygens (including phenoxy) is 2. The van der Waals surface area contributed by atoms with Crippen molar-refractivity contribution in [1.82, 2.24) is 44.5 Å². The number of aliphatic hydroxyl groups is 1. The predicted octanol–water partition coefficient (Wildman–Crippen LogP) is -0.691. The first-order chi connectivity index (χ1) is 22.3. The topological polar surface area (TPSA) is 302 Å². The van der Waals surface area contributed by atoms with Crippen LogP contribution in [0, 0.1) is 11.3 Å². The Bertz CT molecular complexity index is 2060. The van der Waals surface area contributed by atoms with Crippen LogP contribution in [0.25, 0.3) is 22.3 Å². The van der Waals surface area contributed by atoms with Crippen molar-refractivity contribution >= 4 is 61.0 Å². The summed E-state index contributed by atoms with van der Waals surface area (Å²) < 4.78 is 64.3. The van der Waals surface area contributed by atoms with Gasteiger partial charge in [0.25, 0.3) is 5.56 Å². The summed E-state index contributed by atoms with van der Waals surface area (Å²) in [5.41, 5.74) is 10.2. The Morgan fingerprint density at radius 1 is 1.17 bits per heavy atom. The molecule has 4 fully saturated rings. The van der Waals surface area contributed by atoms with Gasteiger partial charge in [-0.2, -0.15) is 9.67 Å². The number of aliphatic hydroxyl groups excluding tert-OH is 1. The number of nitrogen functional groups attached to an aromatic ring is 2. The molecule has 2 bridgehead atoms. The molecular weight excluding hydrogens is 688 g/mol. The van der Waals surface area contributed by atoms with Gasteiger partial charge in [-0.3, -0.25) is 27.9 Å². The Labute approximate surface area is 267 Å². The number of imidazole rings is 1. The first-order valence-electron chi connectivity index (χ1n) is 14.0. The van der Waals surface area contributed by atoms with Gasteiger partial charge in [0, 0.05) is 12.5 Å². The van der Waals surface area contributed by atoms with Crippen LogP contribution < -0.4 is 17.0 Å². The molecule has 1 spiro atoms. The molecule has 4 aliphatic rings. The summed E-state index contributed by atoms with van der Waals surface area (Å²) in [4.78, 5) is 42.3. The summed E-state index contributed by atoms with van der Waals surface area (Å²) >= 11 is 4.18. The molecule has 0 amide bonds. The molecule has 8 rings (SSSR count). The van der Waals surface area contributed by atoms with Gasteiger partial charge in [0.2, 0.25) is 5.95 Å². The third-order valence-corrected chi connectivity index (χ3v) is 11.6. The van der Waals surface area contributed by atoms with E-state index < -0.39 is 87.5 Å².